The third kappa shape index (κ3) is 8.19. The second-order valence-corrected chi connectivity index (χ2v) is 8.29. The van der Waals surface area contributed by atoms with E-state index in [0.717, 1.165) is 6.42 Å². The fourth-order valence-electron chi connectivity index (χ4n) is 2.92. The zero-order chi connectivity index (χ0) is 22.0. The highest BCUT2D eigenvalue weighted by Crippen LogP contribution is 2.07. The quantitative estimate of drug-likeness (QED) is 0.222. The first-order valence-corrected chi connectivity index (χ1v) is 11.1. The second-order valence-electron chi connectivity index (χ2n) is 7.30. The zero-order valence-corrected chi connectivity index (χ0v) is 17.9. The molecular formula is C18H32N4O6S. The number of carbonyl (C=O) groups is 4. The van der Waals surface area contributed by atoms with Crippen LogP contribution < -0.4 is 21.3 Å². The van der Waals surface area contributed by atoms with Crippen molar-refractivity contribution in [2.24, 2.45) is 5.92 Å². The molecule has 4 atom stereocenters. The largest absolute Gasteiger partial charge is 0.480 e. The smallest absolute Gasteiger partial charge is 0.326 e. The number of carbonyl (C=O) groups excluding carboxylic acids is 3. The fourth-order valence-corrected chi connectivity index (χ4v) is 3.39. The van der Waals surface area contributed by atoms with Crippen molar-refractivity contribution in [3.63, 3.8) is 0 Å². The number of hydrogen-bond acceptors (Lipinski definition) is 7. The Kier molecular flexibility index (Phi) is 11.0. The van der Waals surface area contributed by atoms with E-state index in [-0.39, 0.29) is 18.2 Å². The van der Waals surface area contributed by atoms with Crippen molar-refractivity contribution >= 4 is 35.5 Å². The van der Waals surface area contributed by atoms with Gasteiger partial charge in [-0.15, -0.1) is 0 Å². The Balaban J connectivity index is 2.77. The number of aliphatic carboxylic acids is 1. The van der Waals surface area contributed by atoms with Crippen LogP contribution in [0.25, 0.3) is 0 Å². The molecule has 11 heteroatoms. The van der Waals surface area contributed by atoms with Crippen molar-refractivity contribution in [1.82, 2.24) is 21.3 Å². The number of nitrogens with one attached hydrogen (secondary N) is 4. The summed E-state index contributed by atoms with van der Waals surface area (Å²) in [5.74, 6) is -2.64. The summed E-state index contributed by atoms with van der Waals surface area (Å²) < 4.78 is 0. The molecule has 0 aliphatic carbocycles. The van der Waals surface area contributed by atoms with E-state index in [9.17, 15) is 29.4 Å². The molecule has 0 spiro atoms. The molecule has 0 aromatic rings. The number of carboxylic acid groups (broad SMARTS) is 1. The Morgan fingerprint density at radius 3 is 2.24 bits per heavy atom. The van der Waals surface area contributed by atoms with Gasteiger partial charge in [-0.05, 0) is 43.7 Å². The van der Waals surface area contributed by atoms with Crippen LogP contribution in [0.15, 0.2) is 0 Å². The van der Waals surface area contributed by atoms with E-state index in [4.69, 9.17) is 0 Å². The highest BCUT2D eigenvalue weighted by atomic mass is 32.2. The normalized spacial score (nSPS) is 19.3. The van der Waals surface area contributed by atoms with Crippen LogP contribution in [0.1, 0.15) is 33.1 Å². The predicted octanol–water partition coefficient (Wildman–Crippen LogP) is -1.32. The number of aliphatic hydroxyl groups is 1. The monoisotopic (exact) mass is 432 g/mol. The molecule has 1 fully saturated rings. The summed E-state index contributed by atoms with van der Waals surface area (Å²) in [6.45, 7) is 3.43. The fraction of sp³-hybridized carbons (Fsp3) is 0.778. The van der Waals surface area contributed by atoms with Gasteiger partial charge >= 0.3 is 5.97 Å². The van der Waals surface area contributed by atoms with Crippen molar-refractivity contribution in [3.8, 4) is 0 Å². The van der Waals surface area contributed by atoms with Crippen molar-refractivity contribution in [3.05, 3.63) is 0 Å². The molecule has 1 aliphatic rings. The van der Waals surface area contributed by atoms with Gasteiger partial charge in [-0.3, -0.25) is 14.4 Å². The van der Waals surface area contributed by atoms with E-state index < -0.39 is 48.6 Å². The van der Waals surface area contributed by atoms with Crippen LogP contribution in [0, 0.1) is 5.92 Å². The third-order valence-corrected chi connectivity index (χ3v) is 5.31. The number of aliphatic hydroxyl groups excluding tert-OH is 1. The summed E-state index contributed by atoms with van der Waals surface area (Å²) in [6, 6.07) is -3.67. The first-order chi connectivity index (χ1) is 13.7. The van der Waals surface area contributed by atoms with Gasteiger partial charge in [0, 0.05) is 0 Å². The molecule has 0 bridgehead atoms. The van der Waals surface area contributed by atoms with Gasteiger partial charge in [-0.1, -0.05) is 13.8 Å². The molecule has 4 unspecified atom stereocenters. The molecule has 6 N–H and O–H groups in total. The molecule has 1 heterocycles. The molecule has 10 nitrogen and oxygen atoms in total. The minimum absolute atomic E-state index is 0.277. The average molecular weight is 433 g/mol. The van der Waals surface area contributed by atoms with Crippen LogP contribution in [0.4, 0.5) is 0 Å². The minimum atomic E-state index is -1.20. The highest BCUT2D eigenvalue weighted by Gasteiger charge is 2.31. The number of amides is 3. The SMILES string of the molecule is CSCCC(NC(=O)C(CO)NC(=O)C1CCCN1)C(=O)NC(C(=O)O)C(C)C. The van der Waals surface area contributed by atoms with Gasteiger partial charge in [0.25, 0.3) is 0 Å². The molecule has 1 saturated heterocycles. The van der Waals surface area contributed by atoms with E-state index in [1.54, 1.807) is 13.8 Å². The molecule has 0 aromatic heterocycles. The summed E-state index contributed by atoms with van der Waals surface area (Å²) >= 11 is 1.47. The van der Waals surface area contributed by atoms with Crippen LogP contribution in [0.5, 0.6) is 0 Å². The first-order valence-electron chi connectivity index (χ1n) is 9.68. The van der Waals surface area contributed by atoms with E-state index in [2.05, 4.69) is 21.3 Å². The minimum Gasteiger partial charge on any atom is -0.480 e. The number of thioether (sulfide) groups is 1. The van der Waals surface area contributed by atoms with Gasteiger partial charge in [0.05, 0.1) is 12.6 Å². The lowest BCUT2D eigenvalue weighted by molar-refractivity contribution is -0.143. The summed E-state index contributed by atoms with van der Waals surface area (Å²) in [7, 11) is 0. The Morgan fingerprint density at radius 1 is 1.10 bits per heavy atom. The number of rotatable bonds is 12. The van der Waals surface area contributed by atoms with Gasteiger partial charge in [-0.25, -0.2) is 4.79 Å². The van der Waals surface area contributed by atoms with Gasteiger partial charge in [0.15, 0.2) is 0 Å². The summed E-state index contributed by atoms with van der Waals surface area (Å²) in [6.07, 6.45) is 3.62. The van der Waals surface area contributed by atoms with Crippen molar-refractivity contribution < 1.29 is 29.4 Å². The van der Waals surface area contributed by atoms with Crippen LogP contribution in [0.2, 0.25) is 0 Å². The maximum absolute atomic E-state index is 12.6. The molecule has 3 amide bonds. The standard InChI is InChI=1S/C18H32N4O6S/c1-10(2)14(18(27)28)22-16(25)12(6-8-29-3)20-17(26)13(9-23)21-15(24)11-5-4-7-19-11/h10-14,19,23H,4-9H2,1-3H3,(H,20,26)(H,21,24)(H,22,25)(H,27,28). The Labute approximate surface area is 174 Å². The predicted molar refractivity (Wildman–Crippen MR) is 109 cm³/mol. The molecule has 166 valence electrons. The lowest BCUT2D eigenvalue weighted by atomic mass is 10.0. The lowest BCUT2D eigenvalue weighted by Crippen LogP contribution is -2.58. The molecule has 1 aliphatic heterocycles. The van der Waals surface area contributed by atoms with Gasteiger partial charge < -0.3 is 31.5 Å². The number of carboxylic acids is 1. The summed E-state index contributed by atoms with van der Waals surface area (Å²) in [5, 5.41) is 29.3. The van der Waals surface area contributed by atoms with Crippen LogP contribution in [-0.4, -0.2) is 83.2 Å². The van der Waals surface area contributed by atoms with E-state index in [1.807, 2.05) is 6.26 Å². The summed E-state index contributed by atoms with van der Waals surface area (Å²) in [5.41, 5.74) is 0. The Morgan fingerprint density at radius 2 is 1.76 bits per heavy atom. The zero-order valence-electron chi connectivity index (χ0n) is 17.1. The van der Waals surface area contributed by atoms with Gasteiger partial charge in [0.1, 0.15) is 18.1 Å². The van der Waals surface area contributed by atoms with Crippen molar-refractivity contribution in [2.45, 2.75) is 57.3 Å². The lowest BCUT2D eigenvalue weighted by Gasteiger charge is -2.25. The number of hydrogen-bond donors (Lipinski definition) is 6. The topological polar surface area (TPSA) is 157 Å². The van der Waals surface area contributed by atoms with Crippen molar-refractivity contribution in [1.29, 1.82) is 0 Å². The van der Waals surface area contributed by atoms with E-state index >= 15 is 0 Å². The Bertz CT molecular complexity index is 583. The van der Waals surface area contributed by atoms with Crippen molar-refractivity contribution in [2.75, 3.05) is 25.2 Å². The highest BCUT2D eigenvalue weighted by molar-refractivity contribution is 7.98. The molecule has 0 saturated carbocycles. The molecular weight excluding hydrogens is 400 g/mol. The van der Waals surface area contributed by atoms with Gasteiger partial charge in [-0.2, -0.15) is 11.8 Å². The van der Waals surface area contributed by atoms with Crippen LogP contribution in [-0.2, 0) is 19.2 Å². The third-order valence-electron chi connectivity index (χ3n) is 4.67. The second kappa shape index (κ2) is 12.7. The molecule has 0 radical (unpaired) electrons. The Hall–Kier alpha value is -1.85. The first kappa shape index (κ1) is 25.2. The molecule has 1 rings (SSSR count). The van der Waals surface area contributed by atoms with Crippen LogP contribution >= 0.6 is 11.8 Å². The maximum Gasteiger partial charge on any atom is 0.326 e. The van der Waals surface area contributed by atoms with E-state index in [0.29, 0.717) is 18.7 Å². The van der Waals surface area contributed by atoms with Gasteiger partial charge in [0.2, 0.25) is 17.7 Å². The average Bonchev–Trinajstić information content (AvgIpc) is 3.21. The van der Waals surface area contributed by atoms with E-state index in [1.165, 1.54) is 11.8 Å². The summed E-state index contributed by atoms with van der Waals surface area (Å²) in [4.78, 5) is 48.7. The molecule has 0 aromatic carbocycles. The maximum atomic E-state index is 12.6. The van der Waals surface area contributed by atoms with Crippen LogP contribution in [0.3, 0.4) is 0 Å². The molecule has 29 heavy (non-hydrogen) atoms.